The van der Waals surface area contributed by atoms with E-state index in [9.17, 15) is 4.79 Å². The van der Waals surface area contributed by atoms with Crippen molar-refractivity contribution in [2.75, 3.05) is 26.9 Å². The SMILES string of the molecule is CCOCCNC(C(=O)OC)C1CC1. The summed E-state index contributed by atoms with van der Waals surface area (Å²) in [6.45, 7) is 4.04. The number of carbonyl (C=O) groups excluding carboxylic acids is 1. The zero-order chi connectivity index (χ0) is 10.4. The minimum atomic E-state index is -0.149. The van der Waals surface area contributed by atoms with Crippen molar-refractivity contribution in [1.82, 2.24) is 5.32 Å². The summed E-state index contributed by atoms with van der Waals surface area (Å²) < 4.78 is 9.91. The summed E-state index contributed by atoms with van der Waals surface area (Å²) in [5, 5.41) is 3.17. The molecule has 0 aliphatic heterocycles. The minimum Gasteiger partial charge on any atom is -0.468 e. The Morgan fingerprint density at radius 3 is 2.79 bits per heavy atom. The number of hydrogen-bond donors (Lipinski definition) is 1. The number of carbonyl (C=O) groups is 1. The molecule has 0 amide bonds. The first-order valence-electron chi connectivity index (χ1n) is 5.18. The lowest BCUT2D eigenvalue weighted by molar-refractivity contribution is -0.143. The van der Waals surface area contributed by atoms with Crippen LogP contribution in [0.15, 0.2) is 0 Å². The molecular formula is C10H19NO3. The standard InChI is InChI=1S/C10H19NO3/c1-3-14-7-6-11-9(8-4-5-8)10(12)13-2/h8-9,11H,3-7H2,1-2H3. The summed E-state index contributed by atoms with van der Waals surface area (Å²) >= 11 is 0. The Labute approximate surface area is 85.0 Å². The second-order valence-corrected chi connectivity index (χ2v) is 3.49. The van der Waals surface area contributed by atoms with Crippen molar-refractivity contribution < 1.29 is 14.3 Å². The van der Waals surface area contributed by atoms with Crippen molar-refractivity contribution in [3.05, 3.63) is 0 Å². The number of rotatable bonds is 7. The van der Waals surface area contributed by atoms with Crippen LogP contribution >= 0.6 is 0 Å². The van der Waals surface area contributed by atoms with Crippen molar-refractivity contribution in [1.29, 1.82) is 0 Å². The third kappa shape index (κ3) is 3.64. The van der Waals surface area contributed by atoms with Gasteiger partial charge >= 0.3 is 5.97 Å². The molecule has 0 bridgehead atoms. The third-order valence-corrected chi connectivity index (χ3v) is 2.36. The van der Waals surface area contributed by atoms with Crippen LogP contribution in [0.1, 0.15) is 19.8 Å². The first-order valence-corrected chi connectivity index (χ1v) is 5.18. The maximum absolute atomic E-state index is 11.3. The lowest BCUT2D eigenvalue weighted by Crippen LogP contribution is -2.41. The smallest absolute Gasteiger partial charge is 0.323 e. The molecule has 1 aliphatic carbocycles. The van der Waals surface area contributed by atoms with E-state index in [1.807, 2.05) is 6.92 Å². The van der Waals surface area contributed by atoms with E-state index in [1.54, 1.807) is 0 Å². The zero-order valence-corrected chi connectivity index (χ0v) is 8.91. The van der Waals surface area contributed by atoms with Gasteiger partial charge in [0.25, 0.3) is 0 Å². The molecule has 1 atom stereocenters. The van der Waals surface area contributed by atoms with E-state index < -0.39 is 0 Å². The molecule has 1 fully saturated rings. The Kier molecular flexibility index (Phi) is 4.90. The molecule has 0 spiro atoms. The van der Waals surface area contributed by atoms with Crippen molar-refractivity contribution >= 4 is 5.97 Å². The van der Waals surface area contributed by atoms with Gasteiger partial charge < -0.3 is 14.8 Å². The lowest BCUT2D eigenvalue weighted by atomic mass is 10.2. The van der Waals surface area contributed by atoms with Gasteiger partial charge in [-0.15, -0.1) is 0 Å². The molecule has 0 radical (unpaired) electrons. The highest BCUT2D eigenvalue weighted by atomic mass is 16.5. The Bertz CT molecular complexity index is 180. The molecule has 0 aromatic rings. The monoisotopic (exact) mass is 201 g/mol. The number of esters is 1. The lowest BCUT2D eigenvalue weighted by Gasteiger charge is -2.15. The van der Waals surface area contributed by atoms with Gasteiger partial charge in [-0.05, 0) is 25.7 Å². The molecule has 1 N–H and O–H groups in total. The summed E-state index contributed by atoms with van der Waals surface area (Å²) in [6, 6.07) is -0.125. The average Bonchev–Trinajstić information content (AvgIpc) is 3.01. The summed E-state index contributed by atoms with van der Waals surface area (Å²) in [7, 11) is 1.43. The second-order valence-electron chi connectivity index (χ2n) is 3.49. The normalized spacial score (nSPS) is 17.9. The molecule has 1 rings (SSSR count). The molecule has 4 heteroatoms. The van der Waals surface area contributed by atoms with E-state index in [1.165, 1.54) is 7.11 Å². The highest BCUT2D eigenvalue weighted by Crippen LogP contribution is 2.32. The van der Waals surface area contributed by atoms with E-state index >= 15 is 0 Å². The van der Waals surface area contributed by atoms with Gasteiger partial charge in [-0.2, -0.15) is 0 Å². The molecule has 0 aromatic heterocycles. The van der Waals surface area contributed by atoms with Crippen molar-refractivity contribution in [3.63, 3.8) is 0 Å². The van der Waals surface area contributed by atoms with Crippen LogP contribution in [0.5, 0.6) is 0 Å². The van der Waals surface area contributed by atoms with Gasteiger partial charge in [0, 0.05) is 13.2 Å². The first kappa shape index (κ1) is 11.5. The number of ether oxygens (including phenoxy) is 2. The Morgan fingerprint density at radius 1 is 1.57 bits per heavy atom. The van der Waals surface area contributed by atoms with Crippen LogP contribution in [0.25, 0.3) is 0 Å². The predicted octanol–water partition coefficient (Wildman–Crippen LogP) is 0.564. The minimum absolute atomic E-state index is 0.125. The Hall–Kier alpha value is -0.610. The van der Waals surface area contributed by atoms with Crippen LogP contribution < -0.4 is 5.32 Å². The van der Waals surface area contributed by atoms with Gasteiger partial charge in [0.1, 0.15) is 6.04 Å². The summed E-state index contributed by atoms with van der Waals surface area (Å²) in [5.41, 5.74) is 0. The summed E-state index contributed by atoms with van der Waals surface area (Å²) in [6.07, 6.45) is 2.25. The fraction of sp³-hybridized carbons (Fsp3) is 0.900. The highest BCUT2D eigenvalue weighted by molar-refractivity contribution is 5.76. The third-order valence-electron chi connectivity index (χ3n) is 2.36. The molecule has 4 nitrogen and oxygen atoms in total. The average molecular weight is 201 g/mol. The van der Waals surface area contributed by atoms with Crippen LogP contribution in [0.3, 0.4) is 0 Å². The number of methoxy groups -OCH3 is 1. The van der Waals surface area contributed by atoms with Gasteiger partial charge in [-0.3, -0.25) is 4.79 Å². The molecule has 1 saturated carbocycles. The van der Waals surface area contributed by atoms with Crippen molar-refractivity contribution in [2.45, 2.75) is 25.8 Å². The maximum atomic E-state index is 11.3. The van der Waals surface area contributed by atoms with Gasteiger partial charge in [-0.1, -0.05) is 0 Å². The summed E-state index contributed by atoms with van der Waals surface area (Å²) in [5.74, 6) is 0.327. The van der Waals surface area contributed by atoms with E-state index in [-0.39, 0.29) is 12.0 Å². The van der Waals surface area contributed by atoms with Gasteiger partial charge in [0.15, 0.2) is 0 Å². The Morgan fingerprint density at radius 2 is 2.29 bits per heavy atom. The molecule has 0 saturated heterocycles. The number of nitrogens with one attached hydrogen (secondary N) is 1. The molecule has 1 unspecified atom stereocenters. The van der Waals surface area contributed by atoms with Gasteiger partial charge in [0.05, 0.1) is 13.7 Å². The van der Waals surface area contributed by atoms with E-state index in [4.69, 9.17) is 9.47 Å². The molecule has 82 valence electrons. The van der Waals surface area contributed by atoms with Gasteiger partial charge in [-0.25, -0.2) is 0 Å². The van der Waals surface area contributed by atoms with E-state index in [2.05, 4.69) is 5.32 Å². The fourth-order valence-corrected chi connectivity index (χ4v) is 1.43. The van der Waals surface area contributed by atoms with Crippen LogP contribution in [-0.4, -0.2) is 38.9 Å². The van der Waals surface area contributed by atoms with Crippen molar-refractivity contribution in [2.24, 2.45) is 5.92 Å². The molecule has 1 aliphatic rings. The zero-order valence-electron chi connectivity index (χ0n) is 8.91. The molecule has 0 aromatic carbocycles. The van der Waals surface area contributed by atoms with E-state index in [0.717, 1.165) is 12.8 Å². The van der Waals surface area contributed by atoms with Crippen LogP contribution in [-0.2, 0) is 14.3 Å². The quantitative estimate of drug-likeness (QED) is 0.483. The molecule has 0 heterocycles. The topological polar surface area (TPSA) is 47.6 Å². The predicted molar refractivity (Wildman–Crippen MR) is 53.0 cm³/mol. The van der Waals surface area contributed by atoms with Crippen LogP contribution in [0.4, 0.5) is 0 Å². The number of hydrogen-bond acceptors (Lipinski definition) is 4. The first-order chi connectivity index (χ1) is 6.79. The fourth-order valence-electron chi connectivity index (χ4n) is 1.43. The van der Waals surface area contributed by atoms with Crippen molar-refractivity contribution in [3.8, 4) is 0 Å². The second kappa shape index (κ2) is 5.98. The maximum Gasteiger partial charge on any atom is 0.323 e. The van der Waals surface area contributed by atoms with Crippen LogP contribution in [0.2, 0.25) is 0 Å². The largest absolute Gasteiger partial charge is 0.468 e. The van der Waals surface area contributed by atoms with E-state index in [0.29, 0.717) is 25.7 Å². The molecule has 14 heavy (non-hydrogen) atoms. The molecular weight excluding hydrogens is 182 g/mol. The summed E-state index contributed by atoms with van der Waals surface area (Å²) in [4.78, 5) is 11.3. The Balaban J connectivity index is 2.18. The highest BCUT2D eigenvalue weighted by Gasteiger charge is 2.36. The van der Waals surface area contributed by atoms with Gasteiger partial charge in [0.2, 0.25) is 0 Å². The van der Waals surface area contributed by atoms with Crippen LogP contribution in [0, 0.1) is 5.92 Å².